The number of piperidine rings is 1. The van der Waals surface area contributed by atoms with E-state index in [0.717, 1.165) is 34.8 Å². The fourth-order valence-electron chi connectivity index (χ4n) is 4.35. The lowest BCUT2D eigenvalue weighted by Gasteiger charge is -2.39. The van der Waals surface area contributed by atoms with E-state index < -0.39 is 5.41 Å². The van der Waals surface area contributed by atoms with Crippen LogP contribution in [-0.4, -0.2) is 41.8 Å². The molecule has 142 valence electrons. The van der Waals surface area contributed by atoms with Crippen molar-refractivity contribution in [3.05, 3.63) is 45.4 Å². The molecule has 0 aliphatic carbocycles. The third-order valence-corrected chi connectivity index (χ3v) is 7.22. The molecule has 1 aromatic heterocycles. The van der Waals surface area contributed by atoms with Crippen LogP contribution in [-0.2, 0) is 10.2 Å². The van der Waals surface area contributed by atoms with Gasteiger partial charge >= 0.3 is 0 Å². The van der Waals surface area contributed by atoms with Gasteiger partial charge in [0.2, 0.25) is 5.91 Å². The Balaban J connectivity index is 1.68. The van der Waals surface area contributed by atoms with E-state index >= 15 is 0 Å². The van der Waals surface area contributed by atoms with Gasteiger partial charge < -0.3 is 9.80 Å². The molecule has 3 heterocycles. The van der Waals surface area contributed by atoms with E-state index in [1.807, 2.05) is 43.1 Å². The maximum Gasteiger partial charge on any atom is 0.265 e. The van der Waals surface area contributed by atoms with E-state index in [-0.39, 0.29) is 11.8 Å². The highest BCUT2D eigenvalue weighted by Gasteiger charge is 2.52. The number of benzene rings is 1. The summed E-state index contributed by atoms with van der Waals surface area (Å²) in [6, 6.07) is 7.97. The van der Waals surface area contributed by atoms with Crippen LogP contribution in [0.3, 0.4) is 0 Å². The molecule has 1 spiro atoms. The molecule has 5 nitrogen and oxygen atoms in total. The summed E-state index contributed by atoms with van der Waals surface area (Å²) in [5.74, 6) is 0.417. The minimum atomic E-state index is -0.612. The van der Waals surface area contributed by atoms with Gasteiger partial charge in [-0.15, -0.1) is 11.3 Å². The van der Waals surface area contributed by atoms with Crippen molar-refractivity contribution >= 4 is 28.8 Å². The van der Waals surface area contributed by atoms with Gasteiger partial charge in [0.15, 0.2) is 0 Å². The number of carbonyl (C=O) groups excluding carboxylic acids is 2. The quantitative estimate of drug-likeness (QED) is 0.794. The summed E-state index contributed by atoms with van der Waals surface area (Å²) in [5.41, 5.74) is 2.20. The van der Waals surface area contributed by atoms with Crippen LogP contribution in [0, 0.1) is 6.92 Å². The van der Waals surface area contributed by atoms with Crippen LogP contribution >= 0.6 is 11.3 Å². The van der Waals surface area contributed by atoms with Gasteiger partial charge in [-0.3, -0.25) is 9.59 Å². The van der Waals surface area contributed by atoms with Crippen molar-refractivity contribution in [2.24, 2.45) is 0 Å². The van der Waals surface area contributed by atoms with Crippen molar-refractivity contribution < 1.29 is 9.59 Å². The van der Waals surface area contributed by atoms with E-state index in [2.05, 4.69) is 18.8 Å². The first-order valence-corrected chi connectivity index (χ1v) is 10.3. The second kappa shape index (κ2) is 6.44. The molecule has 2 aliphatic rings. The highest BCUT2D eigenvalue weighted by molar-refractivity contribution is 7.13. The summed E-state index contributed by atoms with van der Waals surface area (Å²) in [6.07, 6.45) is 1.62. The number of likely N-dealkylation sites (N-methyl/N-ethyl adjacent to an activating group) is 1. The van der Waals surface area contributed by atoms with Crippen LogP contribution in [0.15, 0.2) is 24.3 Å². The average molecular weight is 384 g/mol. The largest absolute Gasteiger partial charge is 0.336 e. The lowest BCUT2D eigenvalue weighted by molar-refractivity contribution is -0.124. The van der Waals surface area contributed by atoms with Gasteiger partial charge in [0.05, 0.1) is 16.1 Å². The summed E-state index contributed by atoms with van der Waals surface area (Å²) in [4.78, 5) is 35.3. The third-order valence-electron chi connectivity index (χ3n) is 5.78. The molecule has 6 heteroatoms. The molecule has 2 aromatic rings. The van der Waals surface area contributed by atoms with Crippen molar-refractivity contribution in [3.8, 4) is 0 Å². The topological polar surface area (TPSA) is 53.5 Å². The van der Waals surface area contributed by atoms with Crippen molar-refractivity contribution in [1.82, 2.24) is 9.88 Å². The number of hydrogen-bond acceptors (Lipinski definition) is 4. The van der Waals surface area contributed by atoms with E-state index in [1.54, 1.807) is 4.90 Å². The van der Waals surface area contributed by atoms with Gasteiger partial charge in [-0.1, -0.05) is 32.0 Å². The maximum absolute atomic E-state index is 13.3. The normalized spacial score (nSPS) is 22.0. The number of fused-ring (bicyclic) bond motifs is 2. The number of anilines is 1. The maximum atomic E-state index is 13.3. The molecule has 0 bridgehead atoms. The number of nitrogens with zero attached hydrogens (tertiary/aromatic N) is 3. The minimum absolute atomic E-state index is 0.0100. The molecule has 1 aromatic carbocycles. The van der Waals surface area contributed by atoms with Crippen molar-refractivity contribution in [1.29, 1.82) is 0 Å². The molecule has 2 amide bonds. The SMILES string of the molecule is Cc1nc(C(C)C)sc1C(=O)N1CCC[C@@]2(C1)C(=O)N(C)c1ccccc12. The van der Waals surface area contributed by atoms with Gasteiger partial charge in [-0.25, -0.2) is 4.98 Å². The lowest BCUT2D eigenvalue weighted by Crippen LogP contribution is -2.53. The number of hydrogen-bond donors (Lipinski definition) is 0. The predicted octanol–water partition coefficient (Wildman–Crippen LogP) is 3.73. The average Bonchev–Trinajstić information content (AvgIpc) is 3.15. The van der Waals surface area contributed by atoms with Gasteiger partial charge in [-0.05, 0) is 31.4 Å². The van der Waals surface area contributed by atoms with E-state index in [4.69, 9.17) is 0 Å². The molecule has 1 fully saturated rings. The number of para-hydroxylation sites is 1. The molecular weight excluding hydrogens is 358 g/mol. The zero-order valence-corrected chi connectivity index (χ0v) is 17.1. The Morgan fingerprint density at radius 3 is 2.74 bits per heavy atom. The summed E-state index contributed by atoms with van der Waals surface area (Å²) in [7, 11) is 1.83. The Hall–Kier alpha value is -2.21. The van der Waals surface area contributed by atoms with Crippen molar-refractivity contribution in [2.45, 2.75) is 44.9 Å². The minimum Gasteiger partial charge on any atom is -0.336 e. The Morgan fingerprint density at radius 1 is 1.30 bits per heavy atom. The van der Waals surface area contributed by atoms with Crippen LogP contribution in [0.2, 0.25) is 0 Å². The molecule has 0 radical (unpaired) electrons. The number of aryl methyl sites for hydroxylation is 1. The Kier molecular flexibility index (Phi) is 4.34. The Morgan fingerprint density at radius 2 is 2.04 bits per heavy atom. The highest BCUT2D eigenvalue weighted by atomic mass is 32.1. The summed E-state index contributed by atoms with van der Waals surface area (Å²) in [5, 5.41) is 0.990. The molecule has 2 aliphatic heterocycles. The summed E-state index contributed by atoms with van der Waals surface area (Å²) >= 11 is 1.49. The zero-order valence-electron chi connectivity index (χ0n) is 16.3. The molecule has 4 rings (SSSR count). The van der Waals surface area contributed by atoms with Crippen LogP contribution < -0.4 is 4.90 Å². The number of thiazole rings is 1. The van der Waals surface area contributed by atoms with Crippen LogP contribution in [0.1, 0.15) is 58.5 Å². The molecule has 27 heavy (non-hydrogen) atoms. The highest BCUT2D eigenvalue weighted by Crippen LogP contribution is 2.46. The lowest BCUT2D eigenvalue weighted by atomic mass is 9.75. The number of likely N-dealkylation sites (tertiary alicyclic amines) is 1. The van der Waals surface area contributed by atoms with E-state index in [1.165, 1.54) is 11.3 Å². The van der Waals surface area contributed by atoms with Crippen LogP contribution in [0.5, 0.6) is 0 Å². The molecule has 1 atom stereocenters. The van der Waals surface area contributed by atoms with Crippen LogP contribution in [0.4, 0.5) is 5.69 Å². The Bertz CT molecular complexity index is 920. The number of amides is 2. The summed E-state index contributed by atoms with van der Waals surface area (Å²) in [6.45, 7) is 7.21. The zero-order chi connectivity index (χ0) is 19.3. The van der Waals surface area contributed by atoms with Crippen LogP contribution in [0.25, 0.3) is 0 Å². The number of aromatic nitrogens is 1. The standard InChI is InChI=1S/C21H25N3O2S/c1-13(2)18-22-14(3)17(27-18)19(25)24-11-7-10-21(12-24)15-8-5-6-9-16(15)23(4)20(21)26/h5-6,8-9,13H,7,10-12H2,1-4H3/t21-/m0/s1. The molecule has 1 saturated heterocycles. The second-order valence-electron chi connectivity index (χ2n) is 7.92. The number of carbonyl (C=O) groups is 2. The molecule has 0 unspecified atom stereocenters. The fraction of sp³-hybridized carbons (Fsp3) is 0.476. The summed E-state index contributed by atoms with van der Waals surface area (Å²) < 4.78 is 0. The Labute approximate surface area is 164 Å². The fourth-order valence-corrected chi connectivity index (χ4v) is 5.38. The predicted molar refractivity (Wildman–Crippen MR) is 108 cm³/mol. The second-order valence-corrected chi connectivity index (χ2v) is 8.95. The van der Waals surface area contributed by atoms with Crippen molar-refractivity contribution in [2.75, 3.05) is 25.0 Å². The molecule has 0 N–H and O–H groups in total. The van der Waals surface area contributed by atoms with Gasteiger partial charge in [0, 0.05) is 31.7 Å². The number of rotatable bonds is 2. The molecule has 0 saturated carbocycles. The van der Waals surface area contributed by atoms with Crippen molar-refractivity contribution in [3.63, 3.8) is 0 Å². The van der Waals surface area contributed by atoms with Gasteiger partial charge in [-0.2, -0.15) is 0 Å². The first kappa shape index (κ1) is 18.2. The third kappa shape index (κ3) is 2.69. The monoisotopic (exact) mass is 383 g/mol. The van der Waals surface area contributed by atoms with E-state index in [0.29, 0.717) is 23.9 Å². The van der Waals surface area contributed by atoms with E-state index in [9.17, 15) is 9.59 Å². The first-order chi connectivity index (χ1) is 12.8. The smallest absolute Gasteiger partial charge is 0.265 e. The first-order valence-electron chi connectivity index (χ1n) is 9.49. The van der Waals surface area contributed by atoms with Gasteiger partial charge in [0.1, 0.15) is 4.88 Å². The molecular formula is C21H25N3O2S. The van der Waals surface area contributed by atoms with Gasteiger partial charge in [0.25, 0.3) is 5.91 Å².